The van der Waals surface area contributed by atoms with Crippen LogP contribution in [0.25, 0.3) is 0 Å². The smallest absolute Gasteiger partial charge is 0.261 e. The molecule has 3 fully saturated rings. The van der Waals surface area contributed by atoms with Crippen molar-refractivity contribution < 1.29 is 19.2 Å². The van der Waals surface area contributed by atoms with Crippen molar-refractivity contribution in [2.75, 3.05) is 56.4 Å². The van der Waals surface area contributed by atoms with Gasteiger partial charge >= 0.3 is 0 Å². The van der Waals surface area contributed by atoms with E-state index in [9.17, 15) is 24.4 Å². The molecule has 1 saturated carbocycles. The molecule has 0 bridgehead atoms. The van der Waals surface area contributed by atoms with Crippen LogP contribution in [-0.2, 0) is 14.4 Å². The number of amides is 4. The van der Waals surface area contributed by atoms with Gasteiger partial charge in [0.2, 0.25) is 11.8 Å². The number of likely N-dealkylation sites (N-methyl/N-ethyl adjacent to an activating group) is 1. The van der Waals surface area contributed by atoms with Gasteiger partial charge in [-0.25, -0.2) is 0 Å². The number of thioether (sulfide) groups is 1. The van der Waals surface area contributed by atoms with Crippen LogP contribution in [0.5, 0.6) is 0 Å². The first-order chi connectivity index (χ1) is 21.0. The minimum Gasteiger partial charge on any atom is -0.381 e. The van der Waals surface area contributed by atoms with Crippen LogP contribution in [0.15, 0.2) is 29.2 Å². The fraction of sp³-hybridized carbons (Fsp3) is 0.594. The second-order valence-electron chi connectivity index (χ2n) is 12.7. The van der Waals surface area contributed by atoms with E-state index in [-0.39, 0.29) is 30.2 Å². The summed E-state index contributed by atoms with van der Waals surface area (Å²) in [6.45, 7) is 11.9. The molecule has 4 N–H and O–H groups in total. The summed E-state index contributed by atoms with van der Waals surface area (Å²) < 4.78 is 0. The third-order valence-electron chi connectivity index (χ3n) is 7.98. The van der Waals surface area contributed by atoms with E-state index in [1.54, 1.807) is 29.2 Å². The topological polar surface area (TPSA) is 147 Å². The quantitative estimate of drug-likeness (QED) is 0.245. The lowest BCUT2D eigenvalue weighted by atomic mass is 9.95. The Bertz CT molecular complexity index is 1310. The molecule has 2 heterocycles. The number of benzene rings is 1. The van der Waals surface area contributed by atoms with Crippen LogP contribution in [-0.4, -0.2) is 84.6 Å². The highest BCUT2D eigenvalue weighted by molar-refractivity contribution is 8.05. The lowest BCUT2D eigenvalue weighted by Gasteiger charge is -2.24. The first-order valence-corrected chi connectivity index (χ1v) is 16.4. The Kier molecular flexibility index (Phi) is 11.3. The van der Waals surface area contributed by atoms with Gasteiger partial charge in [0, 0.05) is 55.1 Å². The van der Waals surface area contributed by atoms with E-state index in [1.165, 1.54) is 24.6 Å². The highest BCUT2D eigenvalue weighted by Crippen LogP contribution is 2.39. The number of rotatable bonds is 13. The summed E-state index contributed by atoms with van der Waals surface area (Å²) in [6, 6.07) is 7.24. The molecule has 0 radical (unpaired) electrons. The van der Waals surface area contributed by atoms with Crippen LogP contribution in [0.4, 0.5) is 11.4 Å². The Morgan fingerprint density at radius 3 is 2.45 bits per heavy atom. The van der Waals surface area contributed by atoms with E-state index >= 15 is 0 Å². The van der Waals surface area contributed by atoms with Crippen molar-refractivity contribution in [1.82, 2.24) is 20.4 Å². The van der Waals surface area contributed by atoms with Crippen molar-refractivity contribution >= 4 is 46.8 Å². The summed E-state index contributed by atoms with van der Waals surface area (Å²) in [6.07, 6.45) is 6.29. The maximum Gasteiger partial charge on any atom is 0.261 e. The third kappa shape index (κ3) is 8.99. The Labute approximate surface area is 264 Å². The van der Waals surface area contributed by atoms with Gasteiger partial charge < -0.3 is 31.1 Å². The highest BCUT2D eigenvalue weighted by atomic mass is 32.2. The molecule has 12 heteroatoms. The molecule has 2 saturated heterocycles. The average Bonchev–Trinajstić information content (AvgIpc) is 3.57. The number of likely N-dealkylation sites (tertiary alicyclic amines) is 1. The van der Waals surface area contributed by atoms with Crippen molar-refractivity contribution in [3.63, 3.8) is 0 Å². The fourth-order valence-electron chi connectivity index (χ4n) is 5.09. The van der Waals surface area contributed by atoms with Crippen LogP contribution in [0, 0.1) is 28.6 Å². The minimum atomic E-state index is -0.976. The molecule has 0 spiro atoms. The lowest BCUT2D eigenvalue weighted by Crippen LogP contribution is -2.44. The molecule has 238 valence electrons. The van der Waals surface area contributed by atoms with Crippen molar-refractivity contribution in [2.45, 2.75) is 58.8 Å². The van der Waals surface area contributed by atoms with Gasteiger partial charge in [-0.05, 0) is 75.9 Å². The average molecular weight is 624 g/mol. The zero-order valence-corrected chi connectivity index (χ0v) is 27.0. The second kappa shape index (κ2) is 14.9. The summed E-state index contributed by atoms with van der Waals surface area (Å²) in [5, 5.41) is 21.2. The highest BCUT2D eigenvalue weighted by Gasteiger charge is 2.43. The summed E-state index contributed by atoms with van der Waals surface area (Å²) in [7, 11) is 0. The van der Waals surface area contributed by atoms with Gasteiger partial charge in [-0.1, -0.05) is 32.5 Å². The number of hydrogen-bond acceptors (Lipinski definition) is 8. The van der Waals surface area contributed by atoms with Gasteiger partial charge in [0.25, 0.3) is 11.8 Å². The summed E-state index contributed by atoms with van der Waals surface area (Å²) in [5.41, 5.74) is 0.881. The molecule has 2 unspecified atom stereocenters. The van der Waals surface area contributed by atoms with Crippen LogP contribution in [0.3, 0.4) is 0 Å². The molecule has 1 aromatic carbocycles. The lowest BCUT2D eigenvalue weighted by molar-refractivity contribution is -0.129. The van der Waals surface area contributed by atoms with Gasteiger partial charge in [0.1, 0.15) is 5.37 Å². The Morgan fingerprint density at radius 2 is 1.82 bits per heavy atom. The van der Waals surface area contributed by atoms with Crippen molar-refractivity contribution in [3.8, 4) is 6.07 Å². The maximum absolute atomic E-state index is 13.2. The maximum atomic E-state index is 13.2. The van der Waals surface area contributed by atoms with Crippen molar-refractivity contribution in [3.05, 3.63) is 34.7 Å². The second-order valence-corrected chi connectivity index (χ2v) is 13.8. The summed E-state index contributed by atoms with van der Waals surface area (Å²) in [4.78, 5) is 56.1. The molecule has 4 amide bonds. The number of hydrogen-bond donors (Lipinski definition) is 4. The molecule has 44 heavy (non-hydrogen) atoms. The molecular weight excluding hydrogens is 578 g/mol. The van der Waals surface area contributed by atoms with Crippen LogP contribution >= 0.6 is 11.8 Å². The Hall–Kier alpha value is -3.56. The molecule has 1 aliphatic carbocycles. The number of nitrogens with zero attached hydrogens (tertiary/aromatic N) is 3. The first kappa shape index (κ1) is 33.3. The summed E-state index contributed by atoms with van der Waals surface area (Å²) >= 11 is 1.23. The summed E-state index contributed by atoms with van der Waals surface area (Å²) in [5.74, 6) is -1.46. The predicted molar refractivity (Wildman–Crippen MR) is 173 cm³/mol. The van der Waals surface area contributed by atoms with Gasteiger partial charge in [-0.15, -0.1) is 0 Å². The SMILES string of the molecule is CCN1C(=O)C(=CCNc2cc(NC(=O)C(C)(C)C)cc(C(=O)NCCN3CCCC3)c2)SC1C(C#N)C(=O)NCC1CC1. The van der Waals surface area contributed by atoms with Crippen LogP contribution < -0.4 is 21.3 Å². The number of nitrogens with one attached hydrogen (secondary N) is 4. The van der Waals surface area contributed by atoms with E-state index in [0.29, 0.717) is 47.4 Å². The molecule has 1 aromatic rings. The molecule has 4 rings (SSSR count). The standard InChI is InChI=1S/C32H45N7O4S/c1-5-39-29(42)26(44-30(39)25(19-33)28(41)36-20-21-8-9-21)10-11-34-23-16-22(17-24(18-23)37-31(43)32(2,3)4)27(40)35-12-15-38-13-6-7-14-38/h10,16-18,21,25,30,34H,5-9,11-15,20H2,1-4H3,(H,35,40)(H,36,41)(H,37,43). The third-order valence-corrected chi connectivity index (χ3v) is 9.34. The largest absolute Gasteiger partial charge is 0.381 e. The molecule has 3 aliphatic rings. The van der Waals surface area contributed by atoms with Crippen LogP contribution in [0.2, 0.25) is 0 Å². The van der Waals surface area contributed by atoms with Gasteiger partial charge in [-0.2, -0.15) is 5.26 Å². The fourth-order valence-corrected chi connectivity index (χ4v) is 6.44. The normalized spacial score (nSPS) is 20.3. The van der Waals surface area contributed by atoms with E-state index in [0.717, 1.165) is 32.5 Å². The molecule has 2 aliphatic heterocycles. The number of anilines is 2. The predicted octanol–water partition coefficient (Wildman–Crippen LogP) is 3.38. The van der Waals surface area contributed by atoms with E-state index in [2.05, 4.69) is 32.2 Å². The zero-order valence-electron chi connectivity index (χ0n) is 26.2. The number of carbonyl (C=O) groups excluding carboxylic acids is 4. The van der Waals surface area contributed by atoms with Gasteiger partial charge in [0.05, 0.1) is 11.0 Å². The Morgan fingerprint density at radius 1 is 1.11 bits per heavy atom. The first-order valence-electron chi connectivity index (χ1n) is 15.6. The van der Waals surface area contributed by atoms with E-state index in [4.69, 9.17) is 0 Å². The molecule has 0 aromatic heterocycles. The molecule has 2 atom stereocenters. The molecule has 11 nitrogen and oxygen atoms in total. The zero-order chi connectivity index (χ0) is 31.9. The van der Waals surface area contributed by atoms with Gasteiger partial charge in [-0.3, -0.25) is 19.2 Å². The number of nitriles is 1. The monoisotopic (exact) mass is 623 g/mol. The van der Waals surface area contributed by atoms with Crippen LogP contribution in [0.1, 0.15) is 63.7 Å². The Balaban J connectivity index is 1.44. The number of carbonyl (C=O) groups is 4. The van der Waals surface area contributed by atoms with Crippen molar-refractivity contribution in [1.29, 1.82) is 5.26 Å². The van der Waals surface area contributed by atoms with Crippen molar-refractivity contribution in [2.24, 2.45) is 17.3 Å². The van der Waals surface area contributed by atoms with E-state index < -0.39 is 16.7 Å². The van der Waals surface area contributed by atoms with Gasteiger partial charge in [0.15, 0.2) is 5.92 Å². The molecular formula is C32H45N7O4S. The minimum absolute atomic E-state index is 0.177. The van der Waals surface area contributed by atoms with E-state index in [1.807, 2.05) is 27.7 Å².